The number of carboxylic acids is 1. The van der Waals surface area contributed by atoms with E-state index >= 15 is 0 Å². The summed E-state index contributed by atoms with van der Waals surface area (Å²) in [5, 5.41) is 25.2. The van der Waals surface area contributed by atoms with E-state index in [2.05, 4.69) is 10.6 Å². The fraction of sp³-hybridized carbons (Fsp3) is 0.556. The molecule has 7 N–H and O–H groups in total. The number of alkyl halides is 5. The highest BCUT2D eigenvalue weighted by molar-refractivity contribution is 6.19. The highest BCUT2D eigenvalue weighted by Gasteiger charge is 2.58. The second-order valence-corrected chi connectivity index (χ2v) is 10.6. The van der Waals surface area contributed by atoms with Crippen LogP contribution in [-0.4, -0.2) is 108 Å². The summed E-state index contributed by atoms with van der Waals surface area (Å²) in [6.45, 7) is -2.13. The number of aliphatic hydroxyl groups is 1. The van der Waals surface area contributed by atoms with Gasteiger partial charge in [0, 0.05) is 25.6 Å². The van der Waals surface area contributed by atoms with Crippen molar-refractivity contribution in [3.8, 4) is 5.75 Å². The first-order valence-corrected chi connectivity index (χ1v) is 14.0. The van der Waals surface area contributed by atoms with E-state index in [4.69, 9.17) is 20.3 Å². The van der Waals surface area contributed by atoms with Crippen molar-refractivity contribution in [2.45, 2.75) is 56.5 Å². The first-order valence-electron chi connectivity index (χ1n) is 14.0. The third-order valence-corrected chi connectivity index (χ3v) is 6.88. The van der Waals surface area contributed by atoms with Gasteiger partial charge in [-0.05, 0) is 32.4 Å². The van der Waals surface area contributed by atoms with Gasteiger partial charge in [-0.1, -0.05) is 0 Å². The van der Waals surface area contributed by atoms with Crippen LogP contribution in [-0.2, 0) is 28.7 Å². The molecule has 1 aromatic carbocycles. The van der Waals surface area contributed by atoms with Crippen LogP contribution < -0.4 is 31.3 Å². The minimum Gasteiger partial charge on any atom is -0.487 e. The average molecular weight is 702 g/mol. The van der Waals surface area contributed by atoms with Crippen molar-refractivity contribution in [3.63, 3.8) is 0 Å². The number of fused-ring (bicyclic) bond motifs is 1. The zero-order chi connectivity index (χ0) is 36.6. The topological polar surface area (TPSA) is 227 Å². The Morgan fingerprint density at radius 3 is 2.31 bits per heavy atom. The number of carbonyl (C=O) groups excluding carboxylic acids is 5. The van der Waals surface area contributed by atoms with E-state index < -0.39 is 96.8 Å². The van der Waals surface area contributed by atoms with Crippen LogP contribution in [0.4, 0.5) is 36.8 Å². The normalized spacial score (nSPS) is 18.3. The van der Waals surface area contributed by atoms with Crippen LogP contribution in [0, 0.1) is 11.7 Å². The van der Waals surface area contributed by atoms with Gasteiger partial charge >= 0.3 is 24.2 Å². The molecule has 2 rings (SSSR count). The van der Waals surface area contributed by atoms with E-state index in [1.54, 1.807) is 0 Å². The van der Waals surface area contributed by atoms with Gasteiger partial charge in [-0.2, -0.15) is 22.0 Å². The number of Topliss-reactive ketones (excluding diaryl/α,β-unsaturated/α-hetero) is 1. The van der Waals surface area contributed by atoms with Gasteiger partial charge in [0.1, 0.15) is 36.2 Å². The summed E-state index contributed by atoms with van der Waals surface area (Å²) in [7, 11) is 0. The Hall–Kier alpha value is -4.66. The number of aliphatic carboxylic acids is 1. The van der Waals surface area contributed by atoms with Gasteiger partial charge in [-0.25, -0.2) is 9.18 Å². The molecule has 0 saturated carbocycles. The lowest BCUT2D eigenvalue weighted by molar-refractivity contribution is -0.278. The largest absolute Gasteiger partial charge is 0.487 e. The maximum absolute atomic E-state index is 14.2. The number of anilines is 1. The third-order valence-electron chi connectivity index (χ3n) is 6.88. The minimum atomic E-state index is -6.06. The number of alkyl carbamates (subject to hydrolysis) is 1. The number of rotatable bonds is 15. The molecule has 268 valence electrons. The summed E-state index contributed by atoms with van der Waals surface area (Å²) < 4.78 is 88.9. The van der Waals surface area contributed by atoms with Gasteiger partial charge in [0.15, 0.2) is 11.4 Å². The van der Waals surface area contributed by atoms with E-state index in [0.29, 0.717) is 6.92 Å². The first-order chi connectivity index (χ1) is 22.1. The Balaban J connectivity index is 2.10. The van der Waals surface area contributed by atoms with Crippen molar-refractivity contribution in [1.29, 1.82) is 0 Å². The predicted octanol–water partition coefficient (Wildman–Crippen LogP) is 0.224. The van der Waals surface area contributed by atoms with E-state index in [1.165, 1.54) is 0 Å². The molecule has 0 bridgehead atoms. The second kappa shape index (κ2) is 16.0. The zero-order valence-electron chi connectivity index (χ0n) is 25.4. The Morgan fingerprint density at radius 2 is 1.71 bits per heavy atom. The second-order valence-electron chi connectivity index (χ2n) is 10.6. The third kappa shape index (κ3) is 10.2. The summed E-state index contributed by atoms with van der Waals surface area (Å²) in [6.07, 6.45) is -8.93. The molecule has 48 heavy (non-hydrogen) atoms. The lowest BCUT2D eigenvalue weighted by atomic mass is 9.85. The SMILES string of the molecule is C[C@H]1Oc2ccc(F)cc2N(CCOC(=O)NCCNC(=O)CC[C@H](N)C(=O)O)C(=O)[C@@H]1C(=O)[C@](C)(O)C(=O)NCC(F)(F)C(F)(F)F. The van der Waals surface area contributed by atoms with Crippen molar-refractivity contribution >= 4 is 41.3 Å². The van der Waals surface area contributed by atoms with Gasteiger partial charge in [-0.3, -0.25) is 24.0 Å². The Kier molecular flexibility index (Phi) is 13.1. The number of ketones is 1. The molecule has 15 nitrogen and oxygen atoms in total. The van der Waals surface area contributed by atoms with Crippen molar-refractivity contribution in [1.82, 2.24) is 16.0 Å². The fourth-order valence-electron chi connectivity index (χ4n) is 4.14. The maximum Gasteiger partial charge on any atom is 0.455 e. The van der Waals surface area contributed by atoms with Crippen molar-refractivity contribution in [3.05, 3.63) is 24.0 Å². The molecule has 0 fully saturated rings. The molecule has 0 spiro atoms. The van der Waals surface area contributed by atoms with Crippen LogP contribution in [0.25, 0.3) is 0 Å². The van der Waals surface area contributed by atoms with E-state index in [-0.39, 0.29) is 37.4 Å². The smallest absolute Gasteiger partial charge is 0.455 e. The molecule has 1 heterocycles. The van der Waals surface area contributed by atoms with Crippen molar-refractivity contribution in [2.75, 3.05) is 37.7 Å². The molecule has 0 aliphatic carbocycles. The monoisotopic (exact) mass is 701 g/mol. The molecule has 0 unspecified atom stereocenters. The van der Waals surface area contributed by atoms with Gasteiger partial charge in [0.05, 0.1) is 18.8 Å². The molecule has 0 saturated heterocycles. The number of benzene rings is 1. The number of halogens is 6. The first kappa shape index (κ1) is 39.5. The highest BCUT2D eigenvalue weighted by Crippen LogP contribution is 2.37. The highest BCUT2D eigenvalue weighted by atomic mass is 19.4. The molecule has 1 aromatic rings. The van der Waals surface area contributed by atoms with Crippen LogP contribution in [0.15, 0.2) is 18.2 Å². The van der Waals surface area contributed by atoms with Gasteiger partial charge in [0.2, 0.25) is 11.8 Å². The molecule has 1 aliphatic heterocycles. The van der Waals surface area contributed by atoms with E-state index in [0.717, 1.165) is 35.3 Å². The summed E-state index contributed by atoms with van der Waals surface area (Å²) in [4.78, 5) is 74.7. The minimum absolute atomic E-state index is 0.0894. The maximum atomic E-state index is 14.2. The fourth-order valence-corrected chi connectivity index (χ4v) is 4.14. The number of amides is 4. The number of nitrogens with zero attached hydrogens (tertiary/aromatic N) is 1. The summed E-state index contributed by atoms with van der Waals surface area (Å²) in [5.74, 6) is -15.3. The van der Waals surface area contributed by atoms with Gasteiger partial charge < -0.3 is 46.3 Å². The summed E-state index contributed by atoms with van der Waals surface area (Å²) in [6, 6.07) is 1.61. The number of nitrogens with one attached hydrogen (secondary N) is 3. The Morgan fingerprint density at radius 1 is 1.08 bits per heavy atom. The van der Waals surface area contributed by atoms with E-state index in [1.807, 2.05) is 0 Å². The van der Waals surface area contributed by atoms with Gasteiger partial charge in [0.25, 0.3) is 5.91 Å². The summed E-state index contributed by atoms with van der Waals surface area (Å²) >= 11 is 0. The summed E-state index contributed by atoms with van der Waals surface area (Å²) in [5.41, 5.74) is 1.70. The van der Waals surface area contributed by atoms with Crippen LogP contribution in [0.3, 0.4) is 0 Å². The number of ether oxygens (including phenoxy) is 2. The Bertz CT molecular complexity index is 1390. The number of carboxylic acid groups (broad SMARTS) is 1. The van der Waals surface area contributed by atoms with Crippen LogP contribution in [0.1, 0.15) is 26.7 Å². The molecule has 1 aliphatic rings. The standard InChI is InChI=1S/C27H33F6N5O10/c1-13-19(20(40)25(2,46)23(44)37-12-26(29,30)27(31,32)33)21(41)38(16-11-14(28)3-5-17(16)48-13)9-10-47-24(45)36-8-7-35-18(39)6-4-15(34)22(42)43/h3,5,11,13,15,19,46H,4,6-10,12,34H2,1-2H3,(H,35,39)(H,36,45)(H,37,44)(H,42,43)/t13-,15+,19+,25+/m1/s1. The van der Waals surface area contributed by atoms with Crippen LogP contribution >= 0.6 is 0 Å². The lowest BCUT2D eigenvalue weighted by Gasteiger charge is -2.30. The zero-order valence-corrected chi connectivity index (χ0v) is 25.4. The number of hydrogen-bond acceptors (Lipinski definition) is 10. The molecule has 4 amide bonds. The molecule has 0 radical (unpaired) electrons. The van der Waals surface area contributed by atoms with Crippen molar-refractivity contribution in [2.24, 2.45) is 11.7 Å². The lowest BCUT2D eigenvalue weighted by Crippen LogP contribution is -2.59. The van der Waals surface area contributed by atoms with Crippen molar-refractivity contribution < 1.29 is 74.8 Å². The van der Waals surface area contributed by atoms with Gasteiger partial charge in [-0.15, -0.1) is 0 Å². The molecule has 21 heteroatoms. The Labute approximate surface area is 268 Å². The number of carbonyl (C=O) groups is 6. The molecule has 4 atom stereocenters. The quantitative estimate of drug-likeness (QED) is 0.0824. The van der Waals surface area contributed by atoms with E-state index in [9.17, 15) is 60.2 Å². The molecular weight excluding hydrogens is 668 g/mol. The average Bonchev–Trinajstić information content (AvgIpc) is 3.08. The van der Waals surface area contributed by atoms with Crippen LogP contribution in [0.2, 0.25) is 0 Å². The van der Waals surface area contributed by atoms with Crippen LogP contribution in [0.5, 0.6) is 5.75 Å². The molecular formula is C27H33F6N5O10. The predicted molar refractivity (Wildman–Crippen MR) is 149 cm³/mol. The molecule has 0 aromatic heterocycles. The number of nitrogens with two attached hydrogens (primary N) is 1. The number of hydrogen-bond donors (Lipinski definition) is 6.